The van der Waals surface area contributed by atoms with Crippen molar-refractivity contribution in [1.29, 1.82) is 0 Å². The Morgan fingerprint density at radius 1 is 1.13 bits per heavy atom. The second-order valence-corrected chi connectivity index (χ2v) is 7.23. The van der Waals surface area contributed by atoms with Gasteiger partial charge in [-0.3, -0.25) is 14.4 Å². The number of nitrogens with zero attached hydrogens (tertiary/aromatic N) is 2. The number of para-hydroxylation sites is 1. The van der Waals surface area contributed by atoms with Gasteiger partial charge in [-0.2, -0.15) is 5.10 Å². The summed E-state index contributed by atoms with van der Waals surface area (Å²) in [6.07, 6.45) is -0.152. The van der Waals surface area contributed by atoms with Crippen molar-refractivity contribution < 1.29 is 18.7 Å². The van der Waals surface area contributed by atoms with Crippen molar-refractivity contribution in [2.45, 2.75) is 19.4 Å². The van der Waals surface area contributed by atoms with E-state index in [4.69, 9.17) is 9.15 Å². The number of furan rings is 1. The van der Waals surface area contributed by atoms with Crippen LogP contribution in [0.1, 0.15) is 24.4 Å². The molecule has 0 aliphatic carbocycles. The van der Waals surface area contributed by atoms with Gasteiger partial charge in [0.05, 0.1) is 23.5 Å². The van der Waals surface area contributed by atoms with E-state index in [2.05, 4.69) is 10.4 Å². The fraction of sp³-hybridized carbons (Fsp3) is 0.217. The summed E-state index contributed by atoms with van der Waals surface area (Å²) in [7, 11) is 1.52. The molecule has 4 aromatic rings. The van der Waals surface area contributed by atoms with Gasteiger partial charge in [-0.05, 0) is 25.1 Å². The molecule has 0 bridgehead atoms. The SMILES string of the molecule is C[C@@H](NC(=O)COC(=O)Cc1nn(C)c(=O)c2ccccc12)c1cc2ccccc2o1. The van der Waals surface area contributed by atoms with E-state index in [1.165, 1.54) is 11.7 Å². The molecule has 158 valence electrons. The van der Waals surface area contributed by atoms with Crippen LogP contribution in [0.25, 0.3) is 21.7 Å². The highest BCUT2D eigenvalue weighted by Gasteiger charge is 2.17. The minimum atomic E-state index is -0.608. The quantitative estimate of drug-likeness (QED) is 0.482. The highest BCUT2D eigenvalue weighted by atomic mass is 16.5. The molecule has 0 saturated carbocycles. The number of esters is 1. The number of rotatable bonds is 6. The van der Waals surface area contributed by atoms with Crippen LogP contribution in [0.5, 0.6) is 0 Å². The second kappa shape index (κ2) is 8.43. The molecule has 4 rings (SSSR count). The first-order chi connectivity index (χ1) is 14.9. The molecule has 2 heterocycles. The Labute approximate surface area is 177 Å². The van der Waals surface area contributed by atoms with Gasteiger partial charge in [-0.15, -0.1) is 0 Å². The van der Waals surface area contributed by atoms with Crippen molar-refractivity contribution in [3.63, 3.8) is 0 Å². The Morgan fingerprint density at radius 3 is 2.61 bits per heavy atom. The van der Waals surface area contributed by atoms with E-state index in [1.54, 1.807) is 31.2 Å². The topological polar surface area (TPSA) is 103 Å². The lowest BCUT2D eigenvalue weighted by Crippen LogP contribution is -2.31. The molecular formula is C23H21N3O5. The Kier molecular flexibility index (Phi) is 5.53. The highest BCUT2D eigenvalue weighted by Crippen LogP contribution is 2.23. The van der Waals surface area contributed by atoms with E-state index in [1.807, 2.05) is 30.3 Å². The van der Waals surface area contributed by atoms with Gasteiger partial charge in [0.25, 0.3) is 11.5 Å². The summed E-state index contributed by atoms with van der Waals surface area (Å²) in [4.78, 5) is 36.7. The number of aromatic nitrogens is 2. The number of hydrogen-bond donors (Lipinski definition) is 1. The zero-order valence-corrected chi connectivity index (χ0v) is 17.1. The number of aryl methyl sites for hydroxylation is 1. The summed E-state index contributed by atoms with van der Waals surface area (Å²) in [6, 6.07) is 16.0. The van der Waals surface area contributed by atoms with E-state index >= 15 is 0 Å². The molecule has 8 heteroatoms. The van der Waals surface area contributed by atoms with Crippen LogP contribution in [0.4, 0.5) is 0 Å². The van der Waals surface area contributed by atoms with E-state index in [-0.39, 0.29) is 18.0 Å². The minimum Gasteiger partial charge on any atom is -0.459 e. The van der Waals surface area contributed by atoms with Gasteiger partial charge in [0.1, 0.15) is 11.3 Å². The lowest BCUT2D eigenvalue weighted by Gasteiger charge is -2.12. The minimum absolute atomic E-state index is 0.152. The first-order valence-electron chi connectivity index (χ1n) is 9.81. The van der Waals surface area contributed by atoms with Gasteiger partial charge in [-0.25, -0.2) is 4.68 Å². The van der Waals surface area contributed by atoms with Crippen molar-refractivity contribution in [2.24, 2.45) is 7.05 Å². The van der Waals surface area contributed by atoms with Gasteiger partial charge in [0.2, 0.25) is 0 Å². The average Bonchev–Trinajstić information content (AvgIpc) is 3.20. The average molecular weight is 419 g/mol. The van der Waals surface area contributed by atoms with Gasteiger partial charge >= 0.3 is 5.97 Å². The first-order valence-corrected chi connectivity index (χ1v) is 9.81. The molecule has 0 unspecified atom stereocenters. The van der Waals surface area contributed by atoms with Crippen molar-refractivity contribution in [1.82, 2.24) is 15.1 Å². The van der Waals surface area contributed by atoms with Gasteiger partial charge in [0.15, 0.2) is 6.61 Å². The number of benzene rings is 2. The standard InChI is InChI=1S/C23H21N3O5/c1-14(20-11-15-7-3-6-10-19(15)31-20)24-21(27)13-30-22(28)12-18-16-8-4-5-9-17(16)23(29)26(2)25-18/h3-11,14H,12-13H2,1-2H3,(H,24,27)/t14-/m1/s1. The Bertz CT molecular complexity index is 1310. The lowest BCUT2D eigenvalue weighted by molar-refractivity contribution is -0.148. The number of fused-ring (bicyclic) bond motifs is 2. The summed E-state index contributed by atoms with van der Waals surface area (Å²) in [6.45, 7) is 1.37. The van der Waals surface area contributed by atoms with Crippen LogP contribution in [0.3, 0.4) is 0 Å². The predicted molar refractivity (Wildman–Crippen MR) is 114 cm³/mol. The number of amides is 1. The van der Waals surface area contributed by atoms with Gasteiger partial charge < -0.3 is 14.5 Å². The molecule has 2 aromatic heterocycles. The zero-order chi connectivity index (χ0) is 22.0. The van der Waals surface area contributed by atoms with Gasteiger partial charge in [0, 0.05) is 17.8 Å². The van der Waals surface area contributed by atoms with Gasteiger partial charge in [-0.1, -0.05) is 36.4 Å². The lowest BCUT2D eigenvalue weighted by atomic mass is 10.1. The number of nitrogens with one attached hydrogen (secondary N) is 1. The molecule has 0 fully saturated rings. The first kappa shape index (κ1) is 20.3. The maximum Gasteiger partial charge on any atom is 0.312 e. The fourth-order valence-corrected chi connectivity index (χ4v) is 3.41. The molecule has 1 atom stereocenters. The molecule has 1 N–H and O–H groups in total. The molecule has 8 nitrogen and oxygen atoms in total. The number of ether oxygens (including phenoxy) is 1. The molecule has 0 aliphatic rings. The van der Waals surface area contributed by atoms with E-state index in [0.29, 0.717) is 22.2 Å². The molecule has 0 spiro atoms. The molecular weight excluding hydrogens is 398 g/mol. The summed E-state index contributed by atoms with van der Waals surface area (Å²) in [5.74, 6) is -0.441. The van der Waals surface area contributed by atoms with Crippen LogP contribution in [-0.4, -0.2) is 28.3 Å². The van der Waals surface area contributed by atoms with Crippen molar-refractivity contribution in [2.75, 3.05) is 6.61 Å². The third-order valence-electron chi connectivity index (χ3n) is 4.96. The largest absolute Gasteiger partial charge is 0.459 e. The zero-order valence-electron chi connectivity index (χ0n) is 17.1. The molecule has 31 heavy (non-hydrogen) atoms. The Balaban J connectivity index is 1.36. The summed E-state index contributed by atoms with van der Waals surface area (Å²) < 4.78 is 12.0. The van der Waals surface area contributed by atoms with Crippen LogP contribution in [0, 0.1) is 0 Å². The normalized spacial score (nSPS) is 12.1. The third-order valence-corrected chi connectivity index (χ3v) is 4.96. The number of hydrogen-bond acceptors (Lipinski definition) is 6. The maximum atomic E-state index is 12.3. The van der Waals surface area contributed by atoms with Crippen LogP contribution < -0.4 is 10.9 Å². The Hall–Kier alpha value is -3.94. The molecule has 0 radical (unpaired) electrons. The van der Waals surface area contributed by atoms with E-state index < -0.39 is 18.5 Å². The van der Waals surface area contributed by atoms with Crippen LogP contribution >= 0.6 is 0 Å². The van der Waals surface area contributed by atoms with Crippen molar-refractivity contribution in [3.8, 4) is 0 Å². The van der Waals surface area contributed by atoms with Crippen LogP contribution in [0.2, 0.25) is 0 Å². The second-order valence-electron chi connectivity index (χ2n) is 7.23. The monoisotopic (exact) mass is 419 g/mol. The number of carbonyl (C=O) groups excluding carboxylic acids is 2. The molecule has 2 aromatic carbocycles. The maximum absolute atomic E-state index is 12.3. The molecule has 0 saturated heterocycles. The molecule has 0 aliphatic heterocycles. The van der Waals surface area contributed by atoms with E-state index in [9.17, 15) is 14.4 Å². The van der Waals surface area contributed by atoms with Crippen molar-refractivity contribution >= 4 is 33.6 Å². The summed E-state index contributed by atoms with van der Waals surface area (Å²) >= 11 is 0. The summed E-state index contributed by atoms with van der Waals surface area (Å²) in [5.41, 5.74) is 0.910. The Morgan fingerprint density at radius 2 is 1.84 bits per heavy atom. The van der Waals surface area contributed by atoms with Crippen LogP contribution in [-0.2, 0) is 27.8 Å². The third kappa shape index (κ3) is 4.32. The fourth-order valence-electron chi connectivity index (χ4n) is 3.41. The highest BCUT2D eigenvalue weighted by molar-refractivity contribution is 5.88. The predicted octanol–water partition coefficient (Wildman–Crippen LogP) is 2.64. The number of carbonyl (C=O) groups is 2. The smallest absolute Gasteiger partial charge is 0.312 e. The van der Waals surface area contributed by atoms with Crippen LogP contribution in [0.15, 0.2) is 63.8 Å². The van der Waals surface area contributed by atoms with Crippen molar-refractivity contribution in [3.05, 3.63) is 76.4 Å². The summed E-state index contributed by atoms with van der Waals surface area (Å²) in [5, 5.41) is 8.93. The molecule has 1 amide bonds. The van der Waals surface area contributed by atoms with E-state index in [0.717, 1.165) is 11.0 Å².